The Morgan fingerprint density at radius 1 is 0.0938 bits per heavy atom. The molecule has 0 unspecified atom stereocenters. The minimum Gasteiger partial charge on any atom is -0.0622 e. The second-order valence-corrected chi connectivity index (χ2v) is 25.5. The van der Waals surface area contributed by atoms with E-state index in [4.69, 9.17) is 0 Å². The van der Waals surface area contributed by atoms with Crippen molar-refractivity contribution in [3.63, 3.8) is 0 Å². The normalized spacial score (nSPS) is 11.5. The van der Waals surface area contributed by atoms with E-state index in [1.165, 1.54) is 154 Å². The molecule has 0 nitrogen and oxygen atoms in total. The summed E-state index contributed by atoms with van der Waals surface area (Å²) in [6, 6.07) is 140. The summed E-state index contributed by atoms with van der Waals surface area (Å²) < 4.78 is 0. The van der Waals surface area contributed by atoms with Gasteiger partial charge in [0.25, 0.3) is 0 Å². The summed E-state index contributed by atoms with van der Waals surface area (Å²) in [5.74, 6) is 0. The molecule has 0 N–H and O–H groups in total. The third kappa shape index (κ3) is 10.4. The van der Waals surface area contributed by atoms with E-state index in [-0.39, 0.29) is 0 Å². The van der Waals surface area contributed by atoms with Crippen LogP contribution < -0.4 is 0 Å². The fourth-order valence-corrected chi connectivity index (χ4v) is 15.0. The molecule has 18 rings (SSSR count). The van der Waals surface area contributed by atoms with E-state index in [0.29, 0.717) is 0 Å². The van der Waals surface area contributed by atoms with Gasteiger partial charge in [-0.15, -0.1) is 0 Å². The standard InChI is InChI=1S/C96H62/c1-3-21-63(22-4-1)75-53-76(64-23-5-2-6-24-64)55-77(54-75)71-35-15-33-69(49-71)70-34-16-36-72(50-70)78-56-81(95-61-83(91-43-19-31-67-27-9-13-39-87(67)91)58-79-51-73(45-47-93(79)95)89-41-17-29-65-25-7-11-37-85(65)89)60-82(57-78)96-62-84(92-44-20-32-68-28-10-14-40-88(68)92)59-80-52-74(46-48-94(80)96)90-42-18-30-66-26-8-12-38-86(66)90/h1-62H. The Morgan fingerprint density at radius 3 is 0.698 bits per heavy atom. The van der Waals surface area contributed by atoms with Crippen LogP contribution in [0.1, 0.15) is 0 Å². The van der Waals surface area contributed by atoms with Crippen molar-refractivity contribution in [2.45, 2.75) is 0 Å². The van der Waals surface area contributed by atoms with Crippen LogP contribution in [0.3, 0.4) is 0 Å². The lowest BCUT2D eigenvalue weighted by molar-refractivity contribution is 1.55. The lowest BCUT2D eigenvalue weighted by Crippen LogP contribution is -1.92. The predicted molar refractivity (Wildman–Crippen MR) is 411 cm³/mol. The molecule has 0 aromatic heterocycles. The molecule has 0 aliphatic heterocycles. The van der Waals surface area contributed by atoms with Crippen molar-refractivity contribution in [3.8, 4) is 122 Å². The number of hydrogen-bond donors (Lipinski definition) is 0. The highest BCUT2D eigenvalue weighted by Gasteiger charge is 2.20. The van der Waals surface area contributed by atoms with Gasteiger partial charge in [0, 0.05) is 0 Å². The SMILES string of the molecule is c1ccc(-c2cc(-c3ccccc3)cc(-c3cccc(-c4cccc(-c5cc(-c6cc(-c7cccc8ccccc78)cc7cc(-c8cccc9ccccc89)ccc67)cc(-c6cc(-c7cccc8ccccc78)cc7cc(-c8cccc9ccccc89)ccc67)c5)c4)c3)c2)cc1. The first kappa shape index (κ1) is 56.3. The zero-order valence-corrected chi connectivity index (χ0v) is 52.8. The Morgan fingerprint density at radius 2 is 0.323 bits per heavy atom. The quantitative estimate of drug-likeness (QED) is 0.121. The summed E-state index contributed by atoms with van der Waals surface area (Å²) in [7, 11) is 0. The summed E-state index contributed by atoms with van der Waals surface area (Å²) in [5.41, 5.74) is 25.9. The van der Waals surface area contributed by atoms with Gasteiger partial charge in [0.05, 0.1) is 0 Å². The van der Waals surface area contributed by atoms with E-state index < -0.39 is 0 Å². The molecule has 0 heterocycles. The van der Waals surface area contributed by atoms with Gasteiger partial charge in [0.15, 0.2) is 0 Å². The molecule has 18 aromatic carbocycles. The van der Waals surface area contributed by atoms with Crippen LogP contribution in [0.2, 0.25) is 0 Å². The van der Waals surface area contributed by atoms with Gasteiger partial charge in [-0.05, 0) is 272 Å². The molecule has 0 saturated carbocycles. The molecule has 96 heavy (non-hydrogen) atoms. The second kappa shape index (κ2) is 23.9. The van der Waals surface area contributed by atoms with E-state index in [9.17, 15) is 0 Å². The van der Waals surface area contributed by atoms with Crippen molar-refractivity contribution >= 4 is 64.6 Å². The molecule has 0 aliphatic rings. The highest BCUT2D eigenvalue weighted by atomic mass is 14.2. The summed E-state index contributed by atoms with van der Waals surface area (Å²) in [6.07, 6.45) is 0. The Balaban J connectivity index is 0.869. The monoisotopic (exact) mass is 1210 g/mol. The maximum Gasteiger partial charge on any atom is -0.00988 e. The maximum absolute atomic E-state index is 2.48. The van der Waals surface area contributed by atoms with Gasteiger partial charge in [-0.2, -0.15) is 0 Å². The Labute approximate surface area is 559 Å². The number of hydrogen-bond acceptors (Lipinski definition) is 0. The molecule has 0 heteroatoms. The first-order valence-corrected chi connectivity index (χ1v) is 33.2. The minimum absolute atomic E-state index is 1.13. The Hall–Kier alpha value is -12.5. The third-order valence-corrected chi connectivity index (χ3v) is 19.7. The third-order valence-electron chi connectivity index (χ3n) is 19.7. The van der Waals surface area contributed by atoms with Crippen molar-refractivity contribution < 1.29 is 0 Å². The number of fused-ring (bicyclic) bond motifs is 6. The molecule has 18 aromatic rings. The summed E-state index contributed by atoms with van der Waals surface area (Å²) in [5, 5.41) is 14.6. The average Bonchev–Trinajstić information content (AvgIpc) is 0.760. The lowest BCUT2D eigenvalue weighted by Gasteiger charge is -2.19. The zero-order chi connectivity index (χ0) is 63.5. The van der Waals surface area contributed by atoms with Crippen molar-refractivity contribution in [3.05, 3.63) is 376 Å². The van der Waals surface area contributed by atoms with Gasteiger partial charge < -0.3 is 0 Å². The van der Waals surface area contributed by atoms with Gasteiger partial charge in [-0.25, -0.2) is 0 Å². The van der Waals surface area contributed by atoms with Gasteiger partial charge >= 0.3 is 0 Å². The van der Waals surface area contributed by atoms with Gasteiger partial charge in [0.2, 0.25) is 0 Å². The van der Waals surface area contributed by atoms with E-state index in [0.717, 1.165) is 33.4 Å². The molecular weight excluding hydrogens is 1150 g/mol. The summed E-state index contributed by atoms with van der Waals surface area (Å²) >= 11 is 0. The molecule has 446 valence electrons. The fraction of sp³-hybridized carbons (Fsp3) is 0. The van der Waals surface area contributed by atoms with Crippen LogP contribution >= 0.6 is 0 Å². The van der Waals surface area contributed by atoms with Crippen LogP contribution in [0.25, 0.3) is 187 Å². The molecule has 0 saturated heterocycles. The second-order valence-electron chi connectivity index (χ2n) is 25.5. The molecule has 0 spiro atoms. The molecule has 0 radical (unpaired) electrons. The topological polar surface area (TPSA) is 0 Å². The highest BCUT2D eigenvalue weighted by molar-refractivity contribution is 6.10. The lowest BCUT2D eigenvalue weighted by atomic mass is 9.85. The molecule has 0 aliphatic carbocycles. The van der Waals surface area contributed by atoms with Gasteiger partial charge in [-0.1, -0.05) is 291 Å². The summed E-state index contributed by atoms with van der Waals surface area (Å²) in [6.45, 7) is 0. The molecule has 0 bridgehead atoms. The van der Waals surface area contributed by atoms with Crippen LogP contribution in [0.4, 0.5) is 0 Å². The maximum atomic E-state index is 2.48. The largest absolute Gasteiger partial charge is 0.0622 e. The Bertz CT molecular complexity index is 5720. The smallest absolute Gasteiger partial charge is 0.00988 e. The van der Waals surface area contributed by atoms with Gasteiger partial charge in [-0.3, -0.25) is 0 Å². The van der Waals surface area contributed by atoms with Gasteiger partial charge in [0.1, 0.15) is 0 Å². The van der Waals surface area contributed by atoms with Crippen LogP contribution in [0.5, 0.6) is 0 Å². The van der Waals surface area contributed by atoms with Crippen molar-refractivity contribution in [1.82, 2.24) is 0 Å². The predicted octanol–water partition coefficient (Wildman–Crippen LogP) is 26.9. The van der Waals surface area contributed by atoms with Crippen molar-refractivity contribution in [2.75, 3.05) is 0 Å². The summed E-state index contributed by atoms with van der Waals surface area (Å²) in [4.78, 5) is 0. The number of benzene rings is 18. The van der Waals surface area contributed by atoms with E-state index in [2.05, 4.69) is 376 Å². The molecule has 0 fully saturated rings. The van der Waals surface area contributed by atoms with Crippen LogP contribution in [-0.4, -0.2) is 0 Å². The molecular formula is C96H62. The average molecular weight is 1220 g/mol. The number of rotatable bonds is 11. The highest BCUT2D eigenvalue weighted by Crippen LogP contribution is 2.46. The van der Waals surface area contributed by atoms with Crippen LogP contribution in [-0.2, 0) is 0 Å². The minimum atomic E-state index is 1.13. The first-order valence-electron chi connectivity index (χ1n) is 33.2. The molecule has 0 atom stereocenters. The van der Waals surface area contributed by atoms with Crippen molar-refractivity contribution in [1.29, 1.82) is 0 Å². The Kier molecular flexibility index (Phi) is 14.0. The van der Waals surface area contributed by atoms with E-state index in [1.54, 1.807) is 0 Å². The fourth-order valence-electron chi connectivity index (χ4n) is 15.0. The van der Waals surface area contributed by atoms with Crippen LogP contribution in [0, 0.1) is 0 Å². The molecule has 0 amide bonds. The van der Waals surface area contributed by atoms with E-state index in [1.807, 2.05) is 0 Å². The van der Waals surface area contributed by atoms with E-state index >= 15 is 0 Å². The van der Waals surface area contributed by atoms with Crippen molar-refractivity contribution in [2.24, 2.45) is 0 Å². The van der Waals surface area contributed by atoms with Crippen LogP contribution in [0.15, 0.2) is 376 Å². The first-order chi connectivity index (χ1) is 47.5. The zero-order valence-electron chi connectivity index (χ0n) is 52.8.